The molecular weight excluding hydrogens is 354 g/mol. The summed E-state index contributed by atoms with van der Waals surface area (Å²) in [7, 11) is 3.27. The minimum absolute atomic E-state index is 0.128. The molecule has 1 heterocycles. The lowest BCUT2D eigenvalue weighted by atomic mass is 10.0. The summed E-state index contributed by atoms with van der Waals surface area (Å²) >= 11 is 0. The van der Waals surface area contributed by atoms with Gasteiger partial charge in [-0.25, -0.2) is 0 Å². The van der Waals surface area contributed by atoms with E-state index in [1.807, 2.05) is 36.4 Å². The number of carbonyl (C=O) groups is 1. The minimum atomic E-state index is -0.128. The SMILES string of the molecule is COCCNC(=O)c1ccc2[nH]nc(-c3ccc4cc(OC)ccc4c3)c2c1. The molecule has 6 nitrogen and oxygen atoms in total. The fraction of sp³-hybridized carbons (Fsp3) is 0.182. The molecule has 6 heteroatoms. The lowest BCUT2D eigenvalue weighted by Crippen LogP contribution is -2.26. The van der Waals surface area contributed by atoms with Gasteiger partial charge in [-0.1, -0.05) is 18.2 Å². The molecule has 0 fully saturated rings. The number of aromatic amines is 1. The molecule has 1 amide bonds. The Morgan fingerprint density at radius 2 is 1.86 bits per heavy atom. The predicted octanol–water partition coefficient (Wildman–Crippen LogP) is 3.77. The van der Waals surface area contributed by atoms with Gasteiger partial charge < -0.3 is 14.8 Å². The Morgan fingerprint density at radius 1 is 1.04 bits per heavy atom. The van der Waals surface area contributed by atoms with E-state index >= 15 is 0 Å². The number of nitrogens with one attached hydrogen (secondary N) is 2. The van der Waals surface area contributed by atoms with Crippen molar-refractivity contribution in [1.82, 2.24) is 15.5 Å². The number of ether oxygens (including phenoxy) is 2. The maximum atomic E-state index is 12.4. The summed E-state index contributed by atoms with van der Waals surface area (Å²) in [6, 6.07) is 17.7. The topological polar surface area (TPSA) is 76.2 Å². The van der Waals surface area contributed by atoms with Crippen LogP contribution in [0.5, 0.6) is 5.75 Å². The number of carbonyl (C=O) groups excluding carboxylic acids is 1. The van der Waals surface area contributed by atoms with Gasteiger partial charge in [0.25, 0.3) is 5.91 Å². The monoisotopic (exact) mass is 375 g/mol. The van der Waals surface area contributed by atoms with Crippen LogP contribution in [0.3, 0.4) is 0 Å². The molecule has 4 rings (SSSR count). The number of amides is 1. The van der Waals surface area contributed by atoms with Crippen LogP contribution in [-0.4, -0.2) is 43.5 Å². The number of H-pyrrole nitrogens is 1. The molecule has 0 aliphatic carbocycles. The Morgan fingerprint density at radius 3 is 2.68 bits per heavy atom. The highest BCUT2D eigenvalue weighted by molar-refractivity contribution is 6.02. The maximum absolute atomic E-state index is 12.4. The van der Waals surface area contributed by atoms with Crippen LogP contribution in [0, 0.1) is 0 Å². The van der Waals surface area contributed by atoms with Crippen LogP contribution in [0.25, 0.3) is 32.9 Å². The van der Waals surface area contributed by atoms with Crippen LogP contribution in [0.15, 0.2) is 54.6 Å². The van der Waals surface area contributed by atoms with E-state index in [0.29, 0.717) is 18.7 Å². The van der Waals surface area contributed by atoms with Gasteiger partial charge in [-0.15, -0.1) is 0 Å². The Hall–Kier alpha value is -3.38. The summed E-state index contributed by atoms with van der Waals surface area (Å²) in [4.78, 5) is 12.4. The lowest BCUT2D eigenvalue weighted by Gasteiger charge is -2.06. The summed E-state index contributed by atoms with van der Waals surface area (Å²) in [5, 5.41) is 13.5. The molecule has 28 heavy (non-hydrogen) atoms. The van der Waals surface area contributed by atoms with Gasteiger partial charge in [-0.2, -0.15) is 5.10 Å². The maximum Gasteiger partial charge on any atom is 0.251 e. The number of nitrogens with zero attached hydrogens (tertiary/aromatic N) is 1. The van der Waals surface area contributed by atoms with E-state index < -0.39 is 0 Å². The number of aromatic nitrogens is 2. The van der Waals surface area contributed by atoms with E-state index in [1.165, 1.54) is 0 Å². The summed E-state index contributed by atoms with van der Waals surface area (Å²) in [5.41, 5.74) is 3.29. The third-order valence-electron chi connectivity index (χ3n) is 4.74. The molecule has 0 spiro atoms. The molecule has 1 aromatic heterocycles. The fourth-order valence-electron chi connectivity index (χ4n) is 3.24. The van der Waals surface area contributed by atoms with Crippen molar-refractivity contribution in [3.63, 3.8) is 0 Å². The molecule has 2 N–H and O–H groups in total. The molecule has 142 valence electrons. The molecule has 0 bridgehead atoms. The van der Waals surface area contributed by atoms with Gasteiger partial charge in [-0.05, 0) is 47.2 Å². The number of benzene rings is 3. The van der Waals surface area contributed by atoms with E-state index in [2.05, 4.69) is 27.6 Å². The summed E-state index contributed by atoms with van der Waals surface area (Å²) in [6.07, 6.45) is 0. The van der Waals surface area contributed by atoms with Gasteiger partial charge in [0.15, 0.2) is 0 Å². The molecular formula is C22H21N3O3. The molecule has 0 saturated heterocycles. The minimum Gasteiger partial charge on any atom is -0.497 e. The summed E-state index contributed by atoms with van der Waals surface area (Å²) in [6.45, 7) is 0.951. The van der Waals surface area contributed by atoms with Gasteiger partial charge in [0.05, 0.1) is 24.9 Å². The number of methoxy groups -OCH3 is 2. The Bertz CT molecular complexity index is 1150. The smallest absolute Gasteiger partial charge is 0.251 e. The van der Waals surface area contributed by atoms with Crippen LogP contribution >= 0.6 is 0 Å². The van der Waals surface area contributed by atoms with Crippen LogP contribution in [0.2, 0.25) is 0 Å². The highest BCUT2D eigenvalue weighted by atomic mass is 16.5. The zero-order valence-electron chi connectivity index (χ0n) is 15.8. The van der Waals surface area contributed by atoms with E-state index in [-0.39, 0.29) is 5.91 Å². The van der Waals surface area contributed by atoms with E-state index in [9.17, 15) is 4.79 Å². The molecule has 0 saturated carbocycles. The first-order valence-corrected chi connectivity index (χ1v) is 9.03. The average Bonchev–Trinajstić information content (AvgIpc) is 3.16. The Labute approximate surface area is 162 Å². The van der Waals surface area contributed by atoms with Crippen molar-refractivity contribution in [3.05, 3.63) is 60.2 Å². The number of fused-ring (bicyclic) bond motifs is 2. The second kappa shape index (κ2) is 7.70. The fourth-order valence-corrected chi connectivity index (χ4v) is 3.24. The van der Waals surface area contributed by atoms with Gasteiger partial charge in [0.2, 0.25) is 0 Å². The quantitative estimate of drug-likeness (QED) is 0.503. The lowest BCUT2D eigenvalue weighted by molar-refractivity contribution is 0.0937. The van der Waals surface area contributed by atoms with Crippen LogP contribution in [-0.2, 0) is 4.74 Å². The van der Waals surface area contributed by atoms with Gasteiger partial charge in [0, 0.05) is 30.2 Å². The predicted molar refractivity (Wildman–Crippen MR) is 110 cm³/mol. The Balaban J connectivity index is 1.71. The molecule has 0 radical (unpaired) electrons. The standard InChI is InChI=1S/C22H21N3O3/c1-27-10-9-23-22(26)17-6-8-20-19(13-17)21(25-24-20)16-4-3-15-12-18(28-2)7-5-14(15)11-16/h3-8,11-13H,9-10H2,1-2H3,(H,23,26)(H,24,25). The van der Waals surface area contributed by atoms with Crippen molar-refractivity contribution >= 4 is 27.6 Å². The molecule has 0 aliphatic heterocycles. The van der Waals surface area contributed by atoms with Gasteiger partial charge in [-0.3, -0.25) is 9.89 Å². The van der Waals surface area contributed by atoms with Crippen molar-refractivity contribution in [3.8, 4) is 17.0 Å². The summed E-state index contributed by atoms with van der Waals surface area (Å²) < 4.78 is 10.3. The van der Waals surface area contributed by atoms with Crippen molar-refractivity contribution in [2.45, 2.75) is 0 Å². The molecule has 0 unspecified atom stereocenters. The highest BCUT2D eigenvalue weighted by Gasteiger charge is 2.12. The number of hydrogen-bond acceptors (Lipinski definition) is 4. The summed E-state index contributed by atoms with van der Waals surface area (Å²) in [5.74, 6) is 0.700. The molecule has 3 aromatic carbocycles. The van der Waals surface area contributed by atoms with Crippen molar-refractivity contribution < 1.29 is 14.3 Å². The van der Waals surface area contributed by atoms with Crippen LogP contribution < -0.4 is 10.1 Å². The van der Waals surface area contributed by atoms with Crippen LogP contribution in [0.4, 0.5) is 0 Å². The van der Waals surface area contributed by atoms with E-state index in [0.717, 1.165) is 38.7 Å². The second-order valence-electron chi connectivity index (χ2n) is 6.51. The van der Waals surface area contributed by atoms with E-state index in [1.54, 1.807) is 20.3 Å². The largest absolute Gasteiger partial charge is 0.497 e. The highest BCUT2D eigenvalue weighted by Crippen LogP contribution is 2.30. The van der Waals surface area contributed by atoms with Crippen molar-refractivity contribution in [2.24, 2.45) is 0 Å². The molecule has 0 atom stereocenters. The number of rotatable bonds is 6. The van der Waals surface area contributed by atoms with Crippen LogP contribution in [0.1, 0.15) is 10.4 Å². The number of hydrogen-bond donors (Lipinski definition) is 2. The first-order chi connectivity index (χ1) is 13.7. The second-order valence-corrected chi connectivity index (χ2v) is 6.51. The Kier molecular flexibility index (Phi) is 4.95. The third-order valence-corrected chi connectivity index (χ3v) is 4.74. The average molecular weight is 375 g/mol. The normalized spacial score (nSPS) is 11.1. The molecule has 0 aliphatic rings. The van der Waals surface area contributed by atoms with E-state index in [4.69, 9.17) is 9.47 Å². The zero-order chi connectivity index (χ0) is 19.5. The first-order valence-electron chi connectivity index (χ1n) is 9.03. The van der Waals surface area contributed by atoms with Crippen molar-refractivity contribution in [1.29, 1.82) is 0 Å². The molecule has 4 aromatic rings. The third kappa shape index (κ3) is 3.42. The van der Waals surface area contributed by atoms with Gasteiger partial charge in [0.1, 0.15) is 5.75 Å². The zero-order valence-corrected chi connectivity index (χ0v) is 15.8. The van der Waals surface area contributed by atoms with Gasteiger partial charge >= 0.3 is 0 Å². The van der Waals surface area contributed by atoms with Crippen molar-refractivity contribution in [2.75, 3.05) is 27.4 Å². The first kappa shape index (κ1) is 18.0.